The molecular formula is C20H32N4O3. The van der Waals surface area contributed by atoms with Crippen molar-refractivity contribution < 1.29 is 14.1 Å². The molecule has 0 radical (unpaired) electrons. The molecule has 27 heavy (non-hydrogen) atoms. The highest BCUT2D eigenvalue weighted by molar-refractivity contribution is 5.80. The van der Waals surface area contributed by atoms with Crippen LogP contribution in [0.2, 0.25) is 0 Å². The molecule has 1 aromatic rings. The van der Waals surface area contributed by atoms with E-state index in [1.807, 2.05) is 11.8 Å². The maximum absolute atomic E-state index is 12.5. The van der Waals surface area contributed by atoms with Gasteiger partial charge in [-0.2, -0.15) is 4.98 Å². The summed E-state index contributed by atoms with van der Waals surface area (Å²) < 4.78 is 5.07. The number of nitrogens with zero attached hydrogens (tertiary/aromatic N) is 3. The van der Waals surface area contributed by atoms with Gasteiger partial charge in [-0.1, -0.05) is 25.9 Å². The van der Waals surface area contributed by atoms with Crippen LogP contribution in [0.3, 0.4) is 0 Å². The van der Waals surface area contributed by atoms with Gasteiger partial charge in [-0.05, 0) is 44.4 Å². The lowest BCUT2D eigenvalue weighted by Gasteiger charge is -2.37. The van der Waals surface area contributed by atoms with Crippen LogP contribution in [0.4, 0.5) is 0 Å². The Morgan fingerprint density at radius 1 is 1.26 bits per heavy atom. The molecule has 7 nitrogen and oxygen atoms in total. The first-order valence-electron chi connectivity index (χ1n) is 10.2. The summed E-state index contributed by atoms with van der Waals surface area (Å²) in [6, 6.07) is 0. The fourth-order valence-corrected chi connectivity index (χ4v) is 3.93. The molecular weight excluding hydrogens is 344 g/mol. The quantitative estimate of drug-likeness (QED) is 0.790. The SMILES string of the molecule is Cc1noc(CCC(=O)N2CCC(C3(NC(=O)C(C)C(C)C)CC3)CC2)n1. The molecule has 3 rings (SSSR count). The maximum atomic E-state index is 12.5. The zero-order chi connectivity index (χ0) is 19.6. The number of aryl methyl sites for hydroxylation is 2. The van der Waals surface area contributed by atoms with Gasteiger partial charge in [0.15, 0.2) is 5.82 Å². The van der Waals surface area contributed by atoms with Gasteiger partial charge >= 0.3 is 0 Å². The molecule has 2 fully saturated rings. The fourth-order valence-electron chi connectivity index (χ4n) is 3.93. The second kappa shape index (κ2) is 7.98. The smallest absolute Gasteiger partial charge is 0.227 e. The maximum Gasteiger partial charge on any atom is 0.227 e. The summed E-state index contributed by atoms with van der Waals surface area (Å²) in [7, 11) is 0. The van der Waals surface area contributed by atoms with Gasteiger partial charge in [-0.3, -0.25) is 9.59 Å². The van der Waals surface area contributed by atoms with E-state index in [1.54, 1.807) is 6.92 Å². The number of piperidine rings is 1. The Kier molecular flexibility index (Phi) is 5.86. The summed E-state index contributed by atoms with van der Waals surface area (Å²) >= 11 is 0. The van der Waals surface area contributed by atoms with Gasteiger partial charge in [0.1, 0.15) is 0 Å². The normalized spacial score (nSPS) is 20.6. The Morgan fingerprint density at radius 3 is 2.44 bits per heavy atom. The van der Waals surface area contributed by atoms with Gasteiger partial charge in [-0.25, -0.2) is 0 Å². The lowest BCUT2D eigenvalue weighted by Crippen LogP contribution is -2.50. The zero-order valence-corrected chi connectivity index (χ0v) is 17.0. The number of aromatic nitrogens is 2. The standard InChI is InChI=1S/C20H32N4O3/c1-13(2)14(3)19(26)22-20(9-10-20)16-7-11-24(12-8-16)18(25)6-5-17-21-15(4)23-27-17/h13-14,16H,5-12H2,1-4H3,(H,22,26). The Hall–Kier alpha value is -1.92. The minimum Gasteiger partial charge on any atom is -0.350 e. The average molecular weight is 377 g/mol. The molecule has 2 amide bonds. The van der Waals surface area contributed by atoms with E-state index < -0.39 is 0 Å². The van der Waals surface area contributed by atoms with Crippen LogP contribution >= 0.6 is 0 Å². The molecule has 1 atom stereocenters. The molecule has 1 aromatic heterocycles. The summed E-state index contributed by atoms with van der Waals surface area (Å²) in [6.07, 6.45) is 4.95. The van der Waals surface area contributed by atoms with Crippen LogP contribution in [0.1, 0.15) is 64.6 Å². The Morgan fingerprint density at radius 2 is 1.93 bits per heavy atom. The van der Waals surface area contributed by atoms with Crippen molar-refractivity contribution in [3.05, 3.63) is 11.7 Å². The summed E-state index contributed by atoms with van der Waals surface area (Å²) in [4.78, 5) is 31.0. The lowest BCUT2D eigenvalue weighted by molar-refractivity contribution is -0.133. The van der Waals surface area contributed by atoms with Crippen LogP contribution in [0.5, 0.6) is 0 Å². The Bertz CT molecular complexity index is 673. The van der Waals surface area contributed by atoms with E-state index in [2.05, 4.69) is 29.3 Å². The van der Waals surface area contributed by atoms with Crippen molar-refractivity contribution in [2.24, 2.45) is 17.8 Å². The molecule has 1 unspecified atom stereocenters. The van der Waals surface area contributed by atoms with Crippen LogP contribution in [0.25, 0.3) is 0 Å². The minimum atomic E-state index is -0.0172. The lowest BCUT2D eigenvalue weighted by atomic mass is 9.86. The molecule has 1 aliphatic carbocycles. The highest BCUT2D eigenvalue weighted by atomic mass is 16.5. The zero-order valence-electron chi connectivity index (χ0n) is 17.0. The number of rotatable bonds is 7. The van der Waals surface area contributed by atoms with Crippen molar-refractivity contribution in [3.63, 3.8) is 0 Å². The van der Waals surface area contributed by atoms with E-state index in [9.17, 15) is 9.59 Å². The number of likely N-dealkylation sites (tertiary alicyclic amines) is 1. The molecule has 7 heteroatoms. The van der Waals surface area contributed by atoms with E-state index >= 15 is 0 Å². The van der Waals surface area contributed by atoms with Crippen LogP contribution in [0, 0.1) is 24.7 Å². The third-order valence-corrected chi connectivity index (χ3v) is 6.33. The summed E-state index contributed by atoms with van der Waals surface area (Å²) in [5, 5.41) is 7.09. The van der Waals surface area contributed by atoms with Gasteiger partial charge in [0, 0.05) is 37.4 Å². The third-order valence-electron chi connectivity index (χ3n) is 6.33. The first kappa shape index (κ1) is 19.8. The predicted octanol–water partition coefficient (Wildman–Crippen LogP) is 2.49. The van der Waals surface area contributed by atoms with Crippen molar-refractivity contribution >= 4 is 11.8 Å². The first-order chi connectivity index (χ1) is 12.8. The van der Waals surface area contributed by atoms with Crippen molar-refractivity contribution in [3.8, 4) is 0 Å². The fraction of sp³-hybridized carbons (Fsp3) is 0.800. The van der Waals surface area contributed by atoms with Crippen LogP contribution in [0.15, 0.2) is 4.52 Å². The summed E-state index contributed by atoms with van der Waals surface area (Å²) in [5.41, 5.74) is -0.0172. The number of carbonyl (C=O) groups excluding carboxylic acids is 2. The molecule has 0 bridgehead atoms. The first-order valence-corrected chi connectivity index (χ1v) is 10.2. The Balaban J connectivity index is 1.45. The Labute approximate surface area is 161 Å². The number of nitrogens with one attached hydrogen (secondary N) is 1. The van der Waals surface area contributed by atoms with Gasteiger partial charge in [0.05, 0.1) is 0 Å². The van der Waals surface area contributed by atoms with E-state index in [0.29, 0.717) is 36.4 Å². The number of hydrogen-bond acceptors (Lipinski definition) is 5. The summed E-state index contributed by atoms with van der Waals surface area (Å²) in [6.45, 7) is 9.48. The second-order valence-electron chi connectivity index (χ2n) is 8.57. The second-order valence-corrected chi connectivity index (χ2v) is 8.57. The van der Waals surface area contributed by atoms with Crippen molar-refractivity contribution in [2.45, 2.75) is 71.8 Å². The van der Waals surface area contributed by atoms with Gasteiger partial charge in [0.2, 0.25) is 17.7 Å². The van der Waals surface area contributed by atoms with E-state index in [1.165, 1.54) is 0 Å². The highest BCUT2D eigenvalue weighted by Crippen LogP contribution is 2.47. The van der Waals surface area contributed by atoms with Crippen molar-refractivity contribution in [1.29, 1.82) is 0 Å². The van der Waals surface area contributed by atoms with Gasteiger partial charge in [0.25, 0.3) is 0 Å². The number of amides is 2. The van der Waals surface area contributed by atoms with Crippen LogP contribution in [-0.2, 0) is 16.0 Å². The van der Waals surface area contributed by atoms with Crippen LogP contribution < -0.4 is 5.32 Å². The number of hydrogen-bond donors (Lipinski definition) is 1. The monoisotopic (exact) mass is 376 g/mol. The third kappa shape index (κ3) is 4.68. The molecule has 0 spiro atoms. The average Bonchev–Trinajstić information content (AvgIpc) is 3.31. The summed E-state index contributed by atoms with van der Waals surface area (Å²) in [5.74, 6) is 2.31. The molecule has 150 valence electrons. The largest absolute Gasteiger partial charge is 0.350 e. The molecule has 1 N–H and O–H groups in total. The topological polar surface area (TPSA) is 88.3 Å². The van der Waals surface area contributed by atoms with E-state index in [4.69, 9.17) is 4.52 Å². The molecule has 0 aromatic carbocycles. The molecule has 2 aliphatic rings. The highest BCUT2D eigenvalue weighted by Gasteiger charge is 2.51. The van der Waals surface area contributed by atoms with Gasteiger partial charge < -0.3 is 14.7 Å². The van der Waals surface area contributed by atoms with E-state index in [-0.39, 0.29) is 23.3 Å². The van der Waals surface area contributed by atoms with Gasteiger partial charge in [-0.15, -0.1) is 0 Å². The van der Waals surface area contributed by atoms with Crippen LogP contribution in [-0.4, -0.2) is 45.5 Å². The van der Waals surface area contributed by atoms with Crippen molar-refractivity contribution in [1.82, 2.24) is 20.4 Å². The van der Waals surface area contributed by atoms with E-state index in [0.717, 1.165) is 38.8 Å². The number of carbonyl (C=O) groups is 2. The van der Waals surface area contributed by atoms with Crippen molar-refractivity contribution in [2.75, 3.05) is 13.1 Å². The minimum absolute atomic E-state index is 0.0172. The molecule has 1 aliphatic heterocycles. The predicted molar refractivity (Wildman–Crippen MR) is 101 cm³/mol. The molecule has 2 heterocycles. The molecule has 1 saturated heterocycles. The molecule has 1 saturated carbocycles.